The smallest absolute Gasteiger partial charge is 0.170 e. The van der Waals surface area contributed by atoms with E-state index in [0.29, 0.717) is 6.42 Å². The van der Waals surface area contributed by atoms with Crippen LogP contribution in [-0.2, 0) is 0 Å². The molecule has 0 spiro atoms. The number of hydrogen-bond donors (Lipinski definition) is 2. The molecule has 1 saturated heterocycles. The number of aliphatic hydroxyl groups excluding tert-OH is 1. The molecule has 2 atom stereocenters. The molecule has 3 rings (SSSR count). The van der Waals surface area contributed by atoms with Crippen molar-refractivity contribution in [3.05, 3.63) is 50.9 Å². The van der Waals surface area contributed by atoms with E-state index in [1.807, 2.05) is 18.2 Å². The van der Waals surface area contributed by atoms with E-state index in [9.17, 15) is 0 Å². The van der Waals surface area contributed by atoms with Gasteiger partial charge in [0.2, 0.25) is 0 Å². The second-order valence-corrected chi connectivity index (χ2v) is 7.92. The molecule has 0 aromatic carbocycles. The number of nitrogens with one attached hydrogen (secondary N) is 1. The lowest BCUT2D eigenvalue weighted by Crippen LogP contribution is -2.30. The van der Waals surface area contributed by atoms with Crippen molar-refractivity contribution in [2.45, 2.75) is 18.5 Å². The first-order chi connectivity index (χ1) is 10.7. The van der Waals surface area contributed by atoms with Crippen molar-refractivity contribution in [3.63, 3.8) is 0 Å². The number of nitrogens with zero attached hydrogens (tertiary/aromatic N) is 2. The Morgan fingerprint density at radius 2 is 2.23 bits per heavy atom. The zero-order chi connectivity index (χ0) is 15.5. The Morgan fingerprint density at radius 3 is 2.86 bits per heavy atom. The van der Waals surface area contributed by atoms with Crippen LogP contribution in [0.5, 0.6) is 0 Å². The maximum absolute atomic E-state index is 9.15. The van der Waals surface area contributed by atoms with Gasteiger partial charge in [-0.1, -0.05) is 6.07 Å². The van der Waals surface area contributed by atoms with Crippen LogP contribution in [0.4, 0.5) is 0 Å². The molecule has 4 nitrogen and oxygen atoms in total. The van der Waals surface area contributed by atoms with E-state index in [0.717, 1.165) is 21.1 Å². The Hall–Kier alpha value is -1.02. The molecule has 0 saturated carbocycles. The quantitative estimate of drug-likeness (QED) is 0.758. The number of thiocarbonyl (C=S) groups is 1. The van der Waals surface area contributed by atoms with Crippen LogP contribution in [0.1, 0.15) is 29.1 Å². The summed E-state index contributed by atoms with van der Waals surface area (Å²) in [5.74, 6) is 0. The van der Waals surface area contributed by atoms with Crippen molar-refractivity contribution in [3.8, 4) is 0 Å². The lowest BCUT2D eigenvalue weighted by atomic mass is 10.0. The topological polar surface area (TPSA) is 48.4 Å². The minimum Gasteiger partial charge on any atom is -0.396 e. The van der Waals surface area contributed by atoms with E-state index >= 15 is 0 Å². The normalized spacial score (nSPS) is 21.2. The second-order valence-electron chi connectivity index (χ2n) is 5.04. The number of rotatable bonds is 5. The molecule has 7 heteroatoms. The molecule has 0 bridgehead atoms. The minimum atomic E-state index is 0.0259. The predicted molar refractivity (Wildman–Crippen MR) is 95.9 cm³/mol. The molecule has 0 unspecified atom stereocenters. The van der Waals surface area contributed by atoms with E-state index in [-0.39, 0.29) is 18.7 Å². The fourth-order valence-corrected chi connectivity index (χ4v) is 4.59. The average Bonchev–Trinajstić information content (AvgIpc) is 3.09. The summed E-state index contributed by atoms with van der Waals surface area (Å²) in [5.41, 5.74) is 0.978. The highest BCUT2D eigenvalue weighted by Gasteiger charge is 2.40. The van der Waals surface area contributed by atoms with Crippen LogP contribution in [0.15, 0.2) is 40.3 Å². The van der Waals surface area contributed by atoms with Crippen molar-refractivity contribution in [1.82, 2.24) is 15.2 Å². The van der Waals surface area contributed by atoms with E-state index in [2.05, 4.69) is 43.3 Å². The van der Waals surface area contributed by atoms with E-state index in [1.54, 1.807) is 17.5 Å². The molecule has 1 aliphatic rings. The largest absolute Gasteiger partial charge is 0.396 e. The summed E-state index contributed by atoms with van der Waals surface area (Å²) in [6.07, 6.45) is 2.50. The Morgan fingerprint density at radius 1 is 1.36 bits per heavy atom. The van der Waals surface area contributed by atoms with Gasteiger partial charge in [-0.3, -0.25) is 4.98 Å². The summed E-state index contributed by atoms with van der Waals surface area (Å²) in [7, 11) is 0. The molecule has 3 heterocycles. The number of hydrogen-bond acceptors (Lipinski definition) is 4. The lowest BCUT2D eigenvalue weighted by Gasteiger charge is -2.26. The van der Waals surface area contributed by atoms with Crippen molar-refractivity contribution in [2.24, 2.45) is 0 Å². The molecular weight excluding hydrogens is 382 g/mol. The molecule has 2 N–H and O–H groups in total. The Labute approximate surface area is 147 Å². The molecule has 116 valence electrons. The fraction of sp³-hybridized carbons (Fsp3) is 0.333. The number of pyridine rings is 1. The van der Waals surface area contributed by atoms with Gasteiger partial charge in [0.15, 0.2) is 5.11 Å². The van der Waals surface area contributed by atoms with Crippen molar-refractivity contribution >= 4 is 44.6 Å². The Bertz CT molecular complexity index is 649. The molecule has 1 aliphatic heterocycles. The second kappa shape index (κ2) is 7.04. The first-order valence-electron chi connectivity index (χ1n) is 7.05. The SMILES string of the molecule is OCCCN1C(=S)N[C@H](c2ccccn2)[C@@H]1c1ccc(Br)s1. The Kier molecular flexibility index (Phi) is 5.07. The lowest BCUT2D eigenvalue weighted by molar-refractivity contribution is 0.249. The van der Waals surface area contributed by atoms with Crippen LogP contribution in [-0.4, -0.2) is 33.3 Å². The van der Waals surface area contributed by atoms with Crippen LogP contribution < -0.4 is 5.32 Å². The summed E-state index contributed by atoms with van der Waals surface area (Å²) in [5, 5.41) is 13.3. The maximum atomic E-state index is 9.15. The van der Waals surface area contributed by atoms with Crippen LogP contribution in [0.2, 0.25) is 0 Å². The predicted octanol–water partition coefficient (Wildman–Crippen LogP) is 3.26. The molecule has 2 aromatic rings. The highest BCUT2D eigenvalue weighted by atomic mass is 79.9. The summed E-state index contributed by atoms with van der Waals surface area (Å²) in [4.78, 5) is 7.87. The fourth-order valence-electron chi connectivity index (χ4n) is 2.68. The van der Waals surface area contributed by atoms with Gasteiger partial charge in [-0.05, 0) is 58.8 Å². The van der Waals surface area contributed by atoms with Gasteiger partial charge in [0.1, 0.15) is 0 Å². The first-order valence-corrected chi connectivity index (χ1v) is 9.06. The Balaban J connectivity index is 1.96. The number of aromatic nitrogens is 1. The number of thiophene rings is 1. The zero-order valence-electron chi connectivity index (χ0n) is 11.8. The third kappa shape index (κ3) is 3.17. The molecule has 0 aliphatic carbocycles. The van der Waals surface area contributed by atoms with Crippen molar-refractivity contribution in [2.75, 3.05) is 13.2 Å². The molecule has 1 fully saturated rings. The summed E-state index contributed by atoms with van der Waals surface area (Å²) >= 11 is 10.8. The van der Waals surface area contributed by atoms with Gasteiger partial charge in [0.05, 0.1) is 21.6 Å². The minimum absolute atomic E-state index is 0.0259. The molecular formula is C15H16BrN3OS2. The third-order valence-electron chi connectivity index (χ3n) is 3.64. The highest BCUT2D eigenvalue weighted by Crippen LogP contribution is 2.42. The maximum Gasteiger partial charge on any atom is 0.170 e. The van der Waals surface area contributed by atoms with Gasteiger partial charge < -0.3 is 15.3 Å². The average molecular weight is 398 g/mol. The van der Waals surface area contributed by atoms with Crippen LogP contribution in [0, 0.1) is 0 Å². The summed E-state index contributed by atoms with van der Waals surface area (Å²) in [6.45, 7) is 0.889. The van der Waals surface area contributed by atoms with Gasteiger partial charge in [-0.15, -0.1) is 11.3 Å². The van der Waals surface area contributed by atoms with Gasteiger partial charge >= 0.3 is 0 Å². The van der Waals surface area contributed by atoms with Crippen LogP contribution in [0.25, 0.3) is 0 Å². The van der Waals surface area contributed by atoms with Crippen molar-refractivity contribution < 1.29 is 5.11 Å². The molecule has 2 aromatic heterocycles. The molecule has 0 amide bonds. The van der Waals surface area contributed by atoms with E-state index in [4.69, 9.17) is 17.3 Å². The monoisotopic (exact) mass is 397 g/mol. The van der Waals surface area contributed by atoms with Gasteiger partial charge in [0.25, 0.3) is 0 Å². The van der Waals surface area contributed by atoms with Crippen molar-refractivity contribution in [1.29, 1.82) is 0 Å². The van der Waals surface area contributed by atoms with Crippen LogP contribution in [0.3, 0.4) is 0 Å². The number of halogens is 1. The van der Waals surface area contributed by atoms with Crippen LogP contribution >= 0.6 is 39.5 Å². The molecule has 0 radical (unpaired) electrons. The standard InChI is InChI=1S/C15H16BrN3OS2/c16-12-6-5-11(22-12)14-13(10-4-1-2-7-17-10)18-15(21)19(14)8-3-9-20/h1-2,4-7,13-14,20H,3,8-9H2,(H,18,21)/t13-,14+/m1/s1. The van der Waals surface area contributed by atoms with E-state index in [1.165, 1.54) is 4.88 Å². The summed E-state index contributed by atoms with van der Waals surface area (Å²) < 4.78 is 1.10. The van der Waals surface area contributed by atoms with Gasteiger partial charge in [0, 0.05) is 24.2 Å². The zero-order valence-corrected chi connectivity index (χ0v) is 15.0. The van der Waals surface area contributed by atoms with Gasteiger partial charge in [-0.25, -0.2) is 0 Å². The van der Waals surface area contributed by atoms with E-state index < -0.39 is 0 Å². The first kappa shape index (κ1) is 15.9. The summed E-state index contributed by atoms with van der Waals surface area (Å²) in [6, 6.07) is 10.2. The highest BCUT2D eigenvalue weighted by molar-refractivity contribution is 9.11. The molecule has 22 heavy (non-hydrogen) atoms. The van der Waals surface area contributed by atoms with Gasteiger partial charge in [-0.2, -0.15) is 0 Å². The number of aliphatic hydroxyl groups is 1. The third-order valence-corrected chi connectivity index (χ3v) is 5.69.